The molecule has 0 N–H and O–H groups in total. The molecule has 76 valence electrons. The Balaban J connectivity index is 1.73. The first-order valence-electron chi connectivity index (χ1n) is 5.35. The molecule has 0 saturated heterocycles. The quantitative estimate of drug-likeness (QED) is 0.643. The molecule has 2 heteroatoms. The van der Waals surface area contributed by atoms with Gasteiger partial charge in [-0.1, -0.05) is 26.2 Å². The molecule has 0 spiro atoms. The van der Waals surface area contributed by atoms with E-state index in [4.69, 9.17) is 4.74 Å². The van der Waals surface area contributed by atoms with E-state index in [0.717, 1.165) is 12.4 Å². The van der Waals surface area contributed by atoms with Gasteiger partial charge in [0.1, 0.15) is 5.75 Å². The summed E-state index contributed by atoms with van der Waals surface area (Å²) in [4.78, 5) is 0. The Labute approximate surface area is 89.0 Å². The molecule has 0 atom stereocenters. The highest BCUT2D eigenvalue weighted by Crippen LogP contribution is 2.34. The molecule has 1 nitrogen and oxygen atoms in total. The van der Waals surface area contributed by atoms with Crippen LogP contribution < -0.4 is 4.74 Å². The lowest BCUT2D eigenvalue weighted by Gasteiger charge is -2.03. The number of unbranched alkanes of at least 4 members (excludes halogenated alkanes) is 3. The van der Waals surface area contributed by atoms with Gasteiger partial charge in [0.15, 0.2) is 0 Å². The van der Waals surface area contributed by atoms with Gasteiger partial charge in [0, 0.05) is 4.70 Å². The first kappa shape index (κ1) is 9.78. The van der Waals surface area contributed by atoms with Gasteiger partial charge < -0.3 is 4.74 Å². The number of benzene rings is 1. The molecule has 0 aliphatic heterocycles. The van der Waals surface area contributed by atoms with Crippen LogP contribution in [-0.4, -0.2) is 6.61 Å². The summed E-state index contributed by atoms with van der Waals surface area (Å²) >= 11 is 1.81. The van der Waals surface area contributed by atoms with E-state index in [9.17, 15) is 0 Å². The Bertz CT molecular complexity index is 366. The molecule has 2 rings (SSSR count). The second-order valence-electron chi connectivity index (χ2n) is 3.62. The molecule has 2 heterocycles. The summed E-state index contributed by atoms with van der Waals surface area (Å²) in [5.74, 6) is 1.09. The third-order valence-electron chi connectivity index (χ3n) is 2.40. The normalized spacial score (nSPS) is 11.2. The van der Waals surface area contributed by atoms with Crippen molar-refractivity contribution in [2.24, 2.45) is 0 Å². The molecule has 0 radical (unpaired) electrons. The van der Waals surface area contributed by atoms with E-state index in [1.54, 1.807) is 0 Å². The monoisotopic (exact) mass is 208 g/mol. The highest BCUT2D eigenvalue weighted by Gasteiger charge is 2.04. The maximum Gasteiger partial charge on any atom is 0.137 e. The number of hydrogen-bond donors (Lipinski definition) is 0. The van der Waals surface area contributed by atoms with E-state index in [-0.39, 0.29) is 0 Å². The Morgan fingerprint density at radius 3 is 2.79 bits per heavy atom. The second-order valence-corrected chi connectivity index (χ2v) is 4.74. The third kappa shape index (κ3) is 2.18. The van der Waals surface area contributed by atoms with Crippen LogP contribution in [0.4, 0.5) is 0 Å². The zero-order valence-corrected chi connectivity index (χ0v) is 9.40. The zero-order chi connectivity index (χ0) is 9.80. The third-order valence-corrected chi connectivity index (χ3v) is 3.45. The Kier molecular flexibility index (Phi) is 3.25. The fourth-order valence-electron chi connectivity index (χ4n) is 1.59. The lowest BCUT2D eigenvalue weighted by molar-refractivity contribution is 0.309. The van der Waals surface area contributed by atoms with Gasteiger partial charge in [-0.2, -0.15) is 0 Å². The van der Waals surface area contributed by atoms with Crippen molar-refractivity contribution in [3.63, 3.8) is 0 Å². The van der Waals surface area contributed by atoms with Crippen molar-refractivity contribution in [1.82, 2.24) is 0 Å². The molecular formula is C12H16OS. The minimum Gasteiger partial charge on any atom is -0.492 e. The summed E-state index contributed by atoms with van der Waals surface area (Å²) in [5, 5.41) is 0. The SMILES string of the molecule is CCCCCCOc1cc2ccc1s2. The molecule has 0 amide bonds. The van der Waals surface area contributed by atoms with Crippen molar-refractivity contribution >= 4 is 20.7 Å². The number of hydrogen-bond acceptors (Lipinski definition) is 2. The molecule has 0 fully saturated rings. The lowest BCUT2D eigenvalue weighted by atomic mass is 10.2. The molecule has 0 aliphatic rings. The summed E-state index contributed by atoms with van der Waals surface area (Å²) < 4.78 is 8.32. The summed E-state index contributed by atoms with van der Waals surface area (Å²) in [5.41, 5.74) is 0. The topological polar surface area (TPSA) is 9.23 Å². The van der Waals surface area contributed by atoms with Crippen molar-refractivity contribution in [2.45, 2.75) is 32.6 Å². The summed E-state index contributed by atoms with van der Waals surface area (Å²) in [6.45, 7) is 3.10. The van der Waals surface area contributed by atoms with E-state index < -0.39 is 0 Å². The van der Waals surface area contributed by atoms with E-state index in [2.05, 4.69) is 25.1 Å². The molecule has 2 aromatic rings. The molecule has 0 aliphatic carbocycles. The molecule has 0 unspecified atom stereocenters. The van der Waals surface area contributed by atoms with E-state index in [0.29, 0.717) is 0 Å². The molecule has 2 aromatic heterocycles. The van der Waals surface area contributed by atoms with Crippen LogP contribution in [0.25, 0.3) is 9.40 Å². The predicted octanol–water partition coefficient (Wildman–Crippen LogP) is 4.30. The highest BCUT2D eigenvalue weighted by atomic mass is 32.1. The highest BCUT2D eigenvalue weighted by molar-refractivity contribution is 7.24. The van der Waals surface area contributed by atoms with Gasteiger partial charge in [-0.25, -0.2) is 0 Å². The van der Waals surface area contributed by atoms with E-state index >= 15 is 0 Å². The van der Waals surface area contributed by atoms with E-state index in [1.165, 1.54) is 35.1 Å². The summed E-state index contributed by atoms with van der Waals surface area (Å²) in [6.07, 6.45) is 5.09. The van der Waals surface area contributed by atoms with Gasteiger partial charge in [-0.15, -0.1) is 11.3 Å². The molecular weight excluding hydrogens is 192 g/mol. The molecule has 0 aromatic carbocycles. The van der Waals surface area contributed by atoms with Gasteiger partial charge >= 0.3 is 0 Å². The van der Waals surface area contributed by atoms with Crippen LogP contribution in [0.15, 0.2) is 18.2 Å². The summed E-state index contributed by atoms with van der Waals surface area (Å²) in [7, 11) is 0. The largest absolute Gasteiger partial charge is 0.492 e. The fourth-order valence-corrected chi connectivity index (χ4v) is 2.50. The second kappa shape index (κ2) is 4.65. The number of thiophene rings is 2. The van der Waals surface area contributed by atoms with Gasteiger partial charge in [0.05, 0.1) is 11.3 Å². The Morgan fingerprint density at radius 2 is 2.14 bits per heavy atom. The van der Waals surface area contributed by atoms with Gasteiger partial charge in [0.2, 0.25) is 0 Å². The van der Waals surface area contributed by atoms with E-state index in [1.807, 2.05) is 11.3 Å². The average molecular weight is 208 g/mol. The Morgan fingerprint density at radius 1 is 1.21 bits per heavy atom. The first-order valence-corrected chi connectivity index (χ1v) is 6.16. The van der Waals surface area contributed by atoms with Crippen molar-refractivity contribution in [3.8, 4) is 5.75 Å². The van der Waals surface area contributed by atoms with Crippen LogP contribution in [0.5, 0.6) is 5.75 Å². The molecule has 0 saturated carbocycles. The first-order chi connectivity index (χ1) is 6.90. The lowest BCUT2D eigenvalue weighted by Crippen LogP contribution is -1.96. The Hall–Kier alpha value is -0.760. The average Bonchev–Trinajstić information content (AvgIpc) is 2.79. The van der Waals surface area contributed by atoms with Crippen molar-refractivity contribution in [2.75, 3.05) is 6.61 Å². The zero-order valence-electron chi connectivity index (χ0n) is 8.58. The molecule has 14 heavy (non-hydrogen) atoms. The van der Waals surface area contributed by atoms with Crippen LogP contribution in [0.1, 0.15) is 32.6 Å². The fraction of sp³-hybridized carbons (Fsp3) is 0.500. The standard InChI is InChI=1S/C12H16OS/c1-2-3-4-5-8-13-11-9-10-6-7-12(11)14-10/h6-7,9H,2-5,8H2,1H3. The molecule has 2 bridgehead atoms. The minimum absolute atomic E-state index is 0.872. The minimum atomic E-state index is 0.872. The predicted molar refractivity (Wildman–Crippen MR) is 62.6 cm³/mol. The number of fused-ring (bicyclic) bond motifs is 2. The number of ether oxygens (including phenoxy) is 1. The van der Waals surface area contributed by atoms with Gasteiger partial charge in [-0.3, -0.25) is 0 Å². The van der Waals surface area contributed by atoms with Crippen molar-refractivity contribution in [3.05, 3.63) is 18.2 Å². The van der Waals surface area contributed by atoms with Gasteiger partial charge in [0.25, 0.3) is 0 Å². The number of rotatable bonds is 6. The van der Waals surface area contributed by atoms with Crippen LogP contribution >= 0.6 is 11.3 Å². The maximum absolute atomic E-state index is 5.71. The smallest absolute Gasteiger partial charge is 0.137 e. The summed E-state index contributed by atoms with van der Waals surface area (Å²) in [6, 6.07) is 6.42. The van der Waals surface area contributed by atoms with Crippen LogP contribution in [0, 0.1) is 0 Å². The van der Waals surface area contributed by atoms with Crippen molar-refractivity contribution in [1.29, 1.82) is 0 Å². The van der Waals surface area contributed by atoms with Crippen LogP contribution in [0.2, 0.25) is 0 Å². The van der Waals surface area contributed by atoms with Crippen LogP contribution in [0.3, 0.4) is 0 Å². The van der Waals surface area contributed by atoms with Crippen LogP contribution in [-0.2, 0) is 0 Å². The van der Waals surface area contributed by atoms with Gasteiger partial charge in [-0.05, 0) is 24.6 Å². The van der Waals surface area contributed by atoms with Crippen molar-refractivity contribution < 1.29 is 4.74 Å². The maximum atomic E-state index is 5.71.